The van der Waals surface area contributed by atoms with E-state index in [1.54, 1.807) is 0 Å². The van der Waals surface area contributed by atoms with Crippen LogP contribution < -0.4 is 10.6 Å². The summed E-state index contributed by atoms with van der Waals surface area (Å²) in [5.41, 5.74) is 1.66. The van der Waals surface area contributed by atoms with Gasteiger partial charge in [-0.3, -0.25) is 9.59 Å². The summed E-state index contributed by atoms with van der Waals surface area (Å²) in [4.78, 5) is 25.1. The van der Waals surface area contributed by atoms with E-state index in [1.165, 1.54) is 38.5 Å². The van der Waals surface area contributed by atoms with Crippen molar-refractivity contribution in [1.29, 1.82) is 0 Å². The zero-order chi connectivity index (χ0) is 17.7. The quantitative estimate of drug-likeness (QED) is 0.842. The van der Waals surface area contributed by atoms with Crippen molar-refractivity contribution in [3.05, 3.63) is 24.3 Å². The lowest BCUT2D eigenvalue weighted by atomic mass is 9.88. The molecule has 0 aromatic heterocycles. The molecule has 0 radical (unpaired) electrons. The topological polar surface area (TPSA) is 58.2 Å². The Kier molecular flexibility index (Phi) is 4.02. The molecule has 4 nitrogen and oxygen atoms in total. The number of carbonyl (C=O) groups is 2. The van der Waals surface area contributed by atoms with Crippen LogP contribution in [0.2, 0.25) is 0 Å². The predicted octanol–water partition coefficient (Wildman–Crippen LogP) is 4.44. The summed E-state index contributed by atoms with van der Waals surface area (Å²) in [5.74, 6) is 3.50. The van der Waals surface area contributed by atoms with E-state index in [0.29, 0.717) is 11.8 Å². The maximum Gasteiger partial charge on any atom is 0.227 e. The Balaban J connectivity index is 1.17. The van der Waals surface area contributed by atoms with Crippen LogP contribution in [0.25, 0.3) is 0 Å². The van der Waals surface area contributed by atoms with Crippen LogP contribution in [0.1, 0.15) is 51.4 Å². The highest BCUT2D eigenvalue weighted by Gasteiger charge is 2.44. The zero-order valence-corrected chi connectivity index (χ0v) is 15.2. The predicted molar refractivity (Wildman–Crippen MR) is 102 cm³/mol. The maximum absolute atomic E-state index is 12.5. The van der Waals surface area contributed by atoms with Crippen LogP contribution in [0.15, 0.2) is 24.3 Å². The molecule has 0 aliphatic heterocycles. The molecule has 1 aromatic carbocycles. The van der Waals surface area contributed by atoms with Gasteiger partial charge in [-0.1, -0.05) is 12.8 Å². The Bertz CT molecular complexity index is 652. The third-order valence-electron chi connectivity index (χ3n) is 7.57. The van der Waals surface area contributed by atoms with Crippen LogP contribution in [-0.4, -0.2) is 11.8 Å². The molecule has 5 rings (SSSR count). The largest absolute Gasteiger partial charge is 0.326 e. The molecule has 4 heteroatoms. The number of fused-ring (bicyclic) bond motifs is 4. The summed E-state index contributed by atoms with van der Waals surface area (Å²) in [6.45, 7) is 0. The average molecular weight is 352 g/mol. The molecule has 6 atom stereocenters. The molecule has 2 N–H and O–H groups in total. The van der Waals surface area contributed by atoms with E-state index < -0.39 is 0 Å². The van der Waals surface area contributed by atoms with Crippen molar-refractivity contribution in [2.75, 3.05) is 10.6 Å². The molecular weight excluding hydrogens is 324 g/mol. The lowest BCUT2D eigenvalue weighted by molar-refractivity contribution is -0.122. The lowest BCUT2D eigenvalue weighted by Crippen LogP contribution is -2.27. The minimum atomic E-state index is 0.177. The third kappa shape index (κ3) is 2.93. The molecule has 4 bridgehead atoms. The van der Waals surface area contributed by atoms with Gasteiger partial charge in [0.25, 0.3) is 0 Å². The summed E-state index contributed by atoms with van der Waals surface area (Å²) in [6.07, 6.45) is 9.67. The monoisotopic (exact) mass is 352 g/mol. The van der Waals surface area contributed by atoms with Gasteiger partial charge in [-0.2, -0.15) is 0 Å². The van der Waals surface area contributed by atoms with Gasteiger partial charge in [0.1, 0.15) is 0 Å². The maximum atomic E-state index is 12.5. The van der Waals surface area contributed by atoms with E-state index in [4.69, 9.17) is 0 Å². The van der Waals surface area contributed by atoms with Crippen molar-refractivity contribution in [2.45, 2.75) is 51.4 Å². The normalized spacial score (nSPS) is 37.1. The van der Waals surface area contributed by atoms with Crippen molar-refractivity contribution in [1.82, 2.24) is 0 Å². The van der Waals surface area contributed by atoms with Gasteiger partial charge in [0, 0.05) is 23.2 Å². The molecule has 4 aliphatic rings. The Labute approximate surface area is 155 Å². The third-order valence-corrected chi connectivity index (χ3v) is 7.57. The van der Waals surface area contributed by atoms with Crippen molar-refractivity contribution in [3.63, 3.8) is 0 Å². The first kappa shape index (κ1) is 16.3. The van der Waals surface area contributed by atoms with Gasteiger partial charge < -0.3 is 10.6 Å². The Morgan fingerprint density at radius 3 is 1.38 bits per heavy atom. The van der Waals surface area contributed by atoms with E-state index in [-0.39, 0.29) is 23.7 Å². The van der Waals surface area contributed by atoms with Crippen molar-refractivity contribution < 1.29 is 9.59 Å². The first-order chi connectivity index (χ1) is 12.7. The molecular formula is C22H28N2O2. The van der Waals surface area contributed by atoms with Gasteiger partial charge in [-0.05, 0) is 86.5 Å². The van der Waals surface area contributed by atoms with Crippen LogP contribution in [-0.2, 0) is 9.59 Å². The molecule has 4 aliphatic carbocycles. The van der Waals surface area contributed by atoms with Gasteiger partial charge in [0.05, 0.1) is 0 Å². The summed E-state index contributed by atoms with van der Waals surface area (Å²) >= 11 is 0. The van der Waals surface area contributed by atoms with Crippen molar-refractivity contribution in [3.8, 4) is 0 Å². The molecule has 4 fully saturated rings. The number of hydrogen-bond donors (Lipinski definition) is 2. The molecule has 138 valence electrons. The first-order valence-electron chi connectivity index (χ1n) is 10.4. The van der Waals surface area contributed by atoms with E-state index in [0.717, 1.165) is 36.1 Å². The van der Waals surface area contributed by atoms with Crippen LogP contribution in [0.5, 0.6) is 0 Å². The molecule has 0 unspecified atom stereocenters. The molecule has 0 saturated heterocycles. The van der Waals surface area contributed by atoms with Crippen LogP contribution in [0, 0.1) is 35.5 Å². The Hall–Kier alpha value is -1.84. The number of amides is 2. The number of hydrogen-bond acceptors (Lipinski definition) is 2. The second kappa shape index (κ2) is 6.40. The highest BCUT2D eigenvalue weighted by molar-refractivity contribution is 5.95. The standard InChI is InChI=1S/C22H28N2O2/c25-21(19-11-13-1-3-15(19)9-13)23-17-5-7-18(8-6-17)24-22(26)20-12-14-2-4-16(20)10-14/h5-8,13-16,19-20H,1-4,9-12H2,(H,23,25)(H,24,26)/t13-,14-,15-,16-,19-,20-/m0/s1. The summed E-state index contributed by atoms with van der Waals surface area (Å²) in [7, 11) is 0. The van der Waals surface area contributed by atoms with Gasteiger partial charge in [0.2, 0.25) is 11.8 Å². The number of rotatable bonds is 4. The van der Waals surface area contributed by atoms with Crippen LogP contribution in [0.3, 0.4) is 0 Å². The van der Waals surface area contributed by atoms with Gasteiger partial charge in [0.15, 0.2) is 0 Å². The second-order valence-electron chi connectivity index (χ2n) is 9.12. The highest BCUT2D eigenvalue weighted by atomic mass is 16.2. The van der Waals surface area contributed by atoms with Crippen molar-refractivity contribution in [2.24, 2.45) is 35.5 Å². The summed E-state index contributed by atoms with van der Waals surface area (Å²) < 4.78 is 0. The van der Waals surface area contributed by atoms with E-state index in [1.807, 2.05) is 24.3 Å². The first-order valence-corrected chi connectivity index (χ1v) is 10.4. The number of anilines is 2. The van der Waals surface area contributed by atoms with E-state index >= 15 is 0 Å². The number of carbonyl (C=O) groups excluding carboxylic acids is 2. The smallest absolute Gasteiger partial charge is 0.227 e. The summed E-state index contributed by atoms with van der Waals surface area (Å²) in [5, 5.41) is 6.15. The Morgan fingerprint density at radius 2 is 1.08 bits per heavy atom. The van der Waals surface area contributed by atoms with Crippen LogP contribution in [0.4, 0.5) is 11.4 Å². The summed E-state index contributed by atoms with van der Waals surface area (Å²) in [6, 6.07) is 7.62. The number of nitrogens with one attached hydrogen (secondary N) is 2. The van der Waals surface area contributed by atoms with Gasteiger partial charge >= 0.3 is 0 Å². The molecule has 4 saturated carbocycles. The SMILES string of the molecule is O=C(Nc1ccc(NC(=O)[C@H]2C[C@H]3CC[C@H]2C3)cc1)[C@H]1C[C@H]2CC[C@H]1C2. The molecule has 2 amide bonds. The van der Waals surface area contributed by atoms with Gasteiger partial charge in [-0.15, -0.1) is 0 Å². The van der Waals surface area contributed by atoms with E-state index in [2.05, 4.69) is 10.6 Å². The Morgan fingerprint density at radius 1 is 0.654 bits per heavy atom. The highest BCUT2D eigenvalue weighted by Crippen LogP contribution is 2.49. The molecule has 1 aromatic rings. The van der Waals surface area contributed by atoms with Crippen LogP contribution >= 0.6 is 0 Å². The van der Waals surface area contributed by atoms with Crippen molar-refractivity contribution >= 4 is 23.2 Å². The minimum absolute atomic E-state index is 0.177. The minimum Gasteiger partial charge on any atom is -0.326 e. The molecule has 0 spiro atoms. The molecule has 26 heavy (non-hydrogen) atoms. The fraction of sp³-hybridized carbons (Fsp3) is 0.636. The lowest BCUT2D eigenvalue weighted by Gasteiger charge is -2.21. The number of benzene rings is 1. The zero-order valence-electron chi connectivity index (χ0n) is 15.2. The average Bonchev–Trinajstić information content (AvgIpc) is 3.43. The molecule has 0 heterocycles. The van der Waals surface area contributed by atoms with Gasteiger partial charge in [-0.25, -0.2) is 0 Å². The second-order valence-corrected chi connectivity index (χ2v) is 9.12. The fourth-order valence-corrected chi connectivity index (χ4v) is 6.24. The fourth-order valence-electron chi connectivity index (χ4n) is 6.24. The van der Waals surface area contributed by atoms with E-state index in [9.17, 15) is 9.59 Å².